The molecule has 2 atom stereocenters. The van der Waals surface area contributed by atoms with Gasteiger partial charge in [0.15, 0.2) is 0 Å². The Labute approximate surface area is 90.6 Å². The van der Waals surface area contributed by atoms with Crippen LogP contribution in [0.15, 0.2) is 0 Å². The summed E-state index contributed by atoms with van der Waals surface area (Å²) in [5, 5.41) is 3.41. The fourth-order valence-corrected chi connectivity index (χ4v) is 2.82. The van der Waals surface area contributed by atoms with Gasteiger partial charge in [-0.3, -0.25) is 9.59 Å². The Bertz CT molecular complexity index is 259. The molecule has 3 nitrogen and oxygen atoms in total. The van der Waals surface area contributed by atoms with Gasteiger partial charge in [-0.15, -0.1) is 0 Å². The van der Waals surface area contributed by atoms with E-state index >= 15 is 0 Å². The number of Topliss-reactive ketones (excluding diaryl/α,β-unsaturated/α-hetero) is 2. The molecule has 1 saturated carbocycles. The molecule has 84 valence electrons. The summed E-state index contributed by atoms with van der Waals surface area (Å²) in [6, 6.07) is 0.570. The average Bonchev–Trinajstić information content (AvgIpc) is 2.17. The fourth-order valence-electron chi connectivity index (χ4n) is 2.82. The van der Waals surface area contributed by atoms with Crippen molar-refractivity contribution in [3.8, 4) is 0 Å². The molecule has 2 fully saturated rings. The van der Waals surface area contributed by atoms with Crippen molar-refractivity contribution >= 4 is 11.6 Å². The molecule has 3 heteroatoms. The third-order valence-corrected chi connectivity index (χ3v) is 3.59. The highest BCUT2D eigenvalue weighted by Gasteiger charge is 2.37. The van der Waals surface area contributed by atoms with Crippen LogP contribution >= 0.6 is 0 Å². The van der Waals surface area contributed by atoms with Gasteiger partial charge < -0.3 is 5.32 Å². The van der Waals surface area contributed by atoms with Gasteiger partial charge in [0.1, 0.15) is 11.6 Å². The lowest BCUT2D eigenvalue weighted by Gasteiger charge is -2.34. The number of carbonyl (C=O) groups is 2. The fraction of sp³-hybridized carbons (Fsp3) is 0.833. The summed E-state index contributed by atoms with van der Waals surface area (Å²) in [4.78, 5) is 23.5. The van der Waals surface area contributed by atoms with Gasteiger partial charge in [0.05, 0.1) is 5.92 Å². The van der Waals surface area contributed by atoms with Crippen molar-refractivity contribution in [1.29, 1.82) is 0 Å². The predicted molar refractivity (Wildman–Crippen MR) is 57.6 cm³/mol. The second-order valence-corrected chi connectivity index (χ2v) is 4.87. The molecule has 1 heterocycles. The van der Waals surface area contributed by atoms with Crippen molar-refractivity contribution in [3.05, 3.63) is 0 Å². The van der Waals surface area contributed by atoms with Crippen LogP contribution in [0.1, 0.15) is 45.4 Å². The smallest absolute Gasteiger partial charge is 0.144 e. The van der Waals surface area contributed by atoms with Gasteiger partial charge in [-0.1, -0.05) is 6.42 Å². The normalized spacial score (nSPS) is 34.5. The Morgan fingerprint density at radius 1 is 1.07 bits per heavy atom. The minimum atomic E-state index is -0.332. The van der Waals surface area contributed by atoms with E-state index in [0.29, 0.717) is 18.9 Å². The Kier molecular flexibility index (Phi) is 3.19. The first-order chi connectivity index (χ1) is 7.18. The second kappa shape index (κ2) is 4.44. The lowest BCUT2D eigenvalue weighted by Crippen LogP contribution is -2.51. The zero-order chi connectivity index (χ0) is 10.8. The van der Waals surface area contributed by atoms with E-state index in [4.69, 9.17) is 0 Å². The first-order valence-corrected chi connectivity index (χ1v) is 6.00. The lowest BCUT2D eigenvalue weighted by atomic mass is 9.78. The predicted octanol–water partition coefficient (Wildman–Crippen LogP) is 1.46. The minimum absolute atomic E-state index is 0.119. The molecule has 0 amide bonds. The van der Waals surface area contributed by atoms with E-state index in [2.05, 4.69) is 12.2 Å². The number of rotatable bonds is 1. The van der Waals surface area contributed by atoms with E-state index in [-0.39, 0.29) is 23.5 Å². The van der Waals surface area contributed by atoms with Crippen LogP contribution in [-0.2, 0) is 9.59 Å². The van der Waals surface area contributed by atoms with E-state index in [0.717, 1.165) is 25.7 Å². The van der Waals surface area contributed by atoms with Crippen LogP contribution in [-0.4, -0.2) is 23.7 Å². The van der Waals surface area contributed by atoms with Crippen molar-refractivity contribution in [3.63, 3.8) is 0 Å². The highest BCUT2D eigenvalue weighted by Crippen LogP contribution is 2.26. The SMILES string of the molecule is CC1CCCC(C2C(=O)CCCC2=O)N1. The van der Waals surface area contributed by atoms with Gasteiger partial charge in [0.2, 0.25) is 0 Å². The largest absolute Gasteiger partial charge is 0.310 e. The summed E-state index contributed by atoms with van der Waals surface area (Å²) < 4.78 is 0. The van der Waals surface area contributed by atoms with Gasteiger partial charge in [-0.05, 0) is 26.2 Å². The summed E-state index contributed by atoms with van der Waals surface area (Å²) in [6.45, 7) is 2.13. The molecule has 0 aromatic heterocycles. The maximum absolute atomic E-state index is 11.7. The van der Waals surface area contributed by atoms with Crippen LogP contribution < -0.4 is 5.32 Å². The number of nitrogens with one attached hydrogen (secondary N) is 1. The maximum atomic E-state index is 11.7. The highest BCUT2D eigenvalue weighted by molar-refractivity contribution is 6.05. The van der Waals surface area contributed by atoms with Crippen molar-refractivity contribution in [2.24, 2.45) is 5.92 Å². The third kappa shape index (κ3) is 2.28. The molecule has 15 heavy (non-hydrogen) atoms. The summed E-state index contributed by atoms with van der Waals surface area (Å²) in [5.74, 6) is -0.00259. The molecule has 0 radical (unpaired) electrons. The van der Waals surface area contributed by atoms with Gasteiger partial charge >= 0.3 is 0 Å². The van der Waals surface area contributed by atoms with Crippen molar-refractivity contribution in [2.75, 3.05) is 0 Å². The first-order valence-electron chi connectivity index (χ1n) is 6.00. The lowest BCUT2D eigenvalue weighted by molar-refractivity contribution is -0.137. The van der Waals surface area contributed by atoms with Gasteiger partial charge in [0, 0.05) is 24.9 Å². The molecular weight excluding hydrogens is 190 g/mol. The highest BCUT2D eigenvalue weighted by atomic mass is 16.2. The molecule has 2 rings (SSSR count). The summed E-state index contributed by atoms with van der Waals surface area (Å²) in [5.41, 5.74) is 0. The topological polar surface area (TPSA) is 46.2 Å². The number of hydrogen-bond acceptors (Lipinski definition) is 3. The van der Waals surface area contributed by atoms with Crippen molar-refractivity contribution in [1.82, 2.24) is 5.32 Å². The number of ketones is 2. The van der Waals surface area contributed by atoms with E-state index in [1.165, 1.54) is 0 Å². The average molecular weight is 209 g/mol. The van der Waals surface area contributed by atoms with Crippen LogP contribution in [0.4, 0.5) is 0 Å². The van der Waals surface area contributed by atoms with Crippen molar-refractivity contribution in [2.45, 2.75) is 57.5 Å². The second-order valence-electron chi connectivity index (χ2n) is 4.87. The number of piperidine rings is 1. The molecule has 1 aliphatic heterocycles. The molecule has 0 aromatic carbocycles. The monoisotopic (exact) mass is 209 g/mol. The van der Waals surface area contributed by atoms with Crippen LogP contribution in [0.2, 0.25) is 0 Å². The molecular formula is C12H19NO2. The molecule has 0 spiro atoms. The van der Waals surface area contributed by atoms with Crippen LogP contribution in [0, 0.1) is 5.92 Å². The summed E-state index contributed by atoms with van der Waals surface area (Å²) >= 11 is 0. The molecule has 0 aromatic rings. The van der Waals surface area contributed by atoms with E-state index in [1.54, 1.807) is 0 Å². The molecule has 2 unspecified atom stereocenters. The van der Waals surface area contributed by atoms with E-state index < -0.39 is 0 Å². The zero-order valence-electron chi connectivity index (χ0n) is 9.29. The van der Waals surface area contributed by atoms with Gasteiger partial charge in [-0.25, -0.2) is 0 Å². The zero-order valence-corrected chi connectivity index (χ0v) is 9.29. The molecule has 1 N–H and O–H groups in total. The summed E-state index contributed by atoms with van der Waals surface area (Å²) in [7, 11) is 0. The Balaban J connectivity index is 2.06. The van der Waals surface area contributed by atoms with Gasteiger partial charge in [-0.2, -0.15) is 0 Å². The van der Waals surface area contributed by atoms with Crippen LogP contribution in [0.3, 0.4) is 0 Å². The molecule has 1 saturated heterocycles. The maximum Gasteiger partial charge on any atom is 0.144 e. The van der Waals surface area contributed by atoms with E-state index in [9.17, 15) is 9.59 Å². The van der Waals surface area contributed by atoms with Crippen LogP contribution in [0.25, 0.3) is 0 Å². The molecule has 1 aliphatic carbocycles. The minimum Gasteiger partial charge on any atom is -0.310 e. The quantitative estimate of drug-likeness (QED) is 0.665. The molecule has 2 aliphatic rings. The first kappa shape index (κ1) is 10.8. The Morgan fingerprint density at radius 2 is 1.73 bits per heavy atom. The van der Waals surface area contributed by atoms with Crippen molar-refractivity contribution < 1.29 is 9.59 Å². The van der Waals surface area contributed by atoms with E-state index in [1.807, 2.05) is 0 Å². The van der Waals surface area contributed by atoms with Crippen LogP contribution in [0.5, 0.6) is 0 Å². The number of carbonyl (C=O) groups excluding carboxylic acids is 2. The number of hydrogen-bond donors (Lipinski definition) is 1. The Hall–Kier alpha value is -0.700. The summed E-state index contributed by atoms with van der Waals surface area (Å²) in [6.07, 6.45) is 5.23. The third-order valence-electron chi connectivity index (χ3n) is 3.59. The van der Waals surface area contributed by atoms with Gasteiger partial charge in [0.25, 0.3) is 0 Å². The molecule has 0 bridgehead atoms. The standard InChI is InChI=1S/C12H19NO2/c1-8-4-2-5-9(13-8)12-10(14)6-3-7-11(12)15/h8-9,12-13H,2-7H2,1H3. The Morgan fingerprint density at radius 3 is 2.33 bits per heavy atom.